The van der Waals surface area contributed by atoms with Crippen molar-refractivity contribution in [2.75, 3.05) is 0 Å². The number of halogens is 1. The van der Waals surface area contributed by atoms with Crippen LogP contribution in [0.5, 0.6) is 0 Å². The van der Waals surface area contributed by atoms with E-state index < -0.39 is 16.8 Å². The summed E-state index contributed by atoms with van der Waals surface area (Å²) in [5.74, 6) is -1.67. The summed E-state index contributed by atoms with van der Waals surface area (Å²) in [5, 5.41) is 23.0. The molecule has 1 amide bonds. The van der Waals surface area contributed by atoms with Crippen molar-refractivity contribution in [3.63, 3.8) is 0 Å². The number of rotatable bonds is 7. The van der Waals surface area contributed by atoms with Gasteiger partial charge in [0, 0.05) is 5.39 Å². The van der Waals surface area contributed by atoms with Gasteiger partial charge in [-0.2, -0.15) is 0 Å². The first-order valence-corrected chi connectivity index (χ1v) is 11.0. The Morgan fingerprint density at radius 2 is 1.80 bits per heavy atom. The van der Waals surface area contributed by atoms with Gasteiger partial charge in [0.25, 0.3) is 0 Å². The molecule has 158 valence electrons. The summed E-state index contributed by atoms with van der Waals surface area (Å²) in [5.41, 5.74) is 0.884. The minimum atomic E-state index is -1.05. The minimum absolute atomic E-state index is 0.235. The van der Waals surface area contributed by atoms with Gasteiger partial charge in [-0.1, -0.05) is 62.0 Å². The quantitative estimate of drug-likeness (QED) is 0.479. The van der Waals surface area contributed by atoms with E-state index in [0.29, 0.717) is 9.89 Å². The van der Waals surface area contributed by atoms with Gasteiger partial charge >= 0.3 is 5.97 Å². The Labute approximate surface area is 187 Å². The van der Waals surface area contributed by atoms with Crippen LogP contribution >= 0.6 is 27.7 Å². The van der Waals surface area contributed by atoms with E-state index >= 15 is 0 Å². The summed E-state index contributed by atoms with van der Waals surface area (Å²) in [6.07, 6.45) is 0. The number of carboxylic acid groups (broad SMARTS) is 1. The monoisotopic (exact) mass is 490 g/mol. The fourth-order valence-corrected chi connectivity index (χ4v) is 4.55. The molecule has 30 heavy (non-hydrogen) atoms. The van der Waals surface area contributed by atoms with Crippen molar-refractivity contribution < 1.29 is 14.7 Å². The summed E-state index contributed by atoms with van der Waals surface area (Å²) in [6.45, 7) is 6.99. The van der Waals surface area contributed by atoms with Gasteiger partial charge in [0.1, 0.15) is 6.04 Å². The average Bonchev–Trinajstić information content (AvgIpc) is 3.04. The maximum absolute atomic E-state index is 12.9. The number of nitrogens with zero attached hydrogens (tertiary/aromatic N) is 3. The van der Waals surface area contributed by atoms with E-state index in [9.17, 15) is 14.7 Å². The Balaban J connectivity index is 1.95. The molecule has 0 radical (unpaired) electrons. The minimum Gasteiger partial charge on any atom is -0.480 e. The Bertz CT molecular complexity index is 1090. The number of hydrogen-bond donors (Lipinski definition) is 2. The van der Waals surface area contributed by atoms with Gasteiger partial charge in [-0.3, -0.25) is 9.36 Å². The van der Waals surface area contributed by atoms with Crippen LogP contribution in [0.2, 0.25) is 0 Å². The van der Waals surface area contributed by atoms with Crippen molar-refractivity contribution >= 4 is 50.3 Å². The molecular formula is C21H23BrN4O3S. The van der Waals surface area contributed by atoms with Crippen LogP contribution in [-0.4, -0.2) is 42.5 Å². The first-order chi connectivity index (χ1) is 14.1. The van der Waals surface area contributed by atoms with E-state index in [4.69, 9.17) is 0 Å². The van der Waals surface area contributed by atoms with Crippen molar-refractivity contribution in [3.8, 4) is 5.69 Å². The smallest absolute Gasteiger partial charge is 0.326 e. The van der Waals surface area contributed by atoms with Crippen molar-refractivity contribution in [3.05, 3.63) is 47.2 Å². The number of carbonyl (C=O) groups is 2. The number of amides is 1. The third kappa shape index (κ3) is 4.52. The number of thioether (sulfide) groups is 1. The number of benzene rings is 2. The van der Waals surface area contributed by atoms with Gasteiger partial charge in [0.2, 0.25) is 10.6 Å². The first kappa shape index (κ1) is 22.3. The van der Waals surface area contributed by atoms with Crippen LogP contribution in [0.15, 0.2) is 52.4 Å². The van der Waals surface area contributed by atoms with E-state index in [2.05, 4.69) is 31.4 Å². The molecule has 1 aromatic heterocycles. The molecule has 3 rings (SSSR count). The molecule has 0 aliphatic heterocycles. The van der Waals surface area contributed by atoms with Gasteiger partial charge in [0.15, 0.2) is 5.16 Å². The maximum Gasteiger partial charge on any atom is 0.326 e. The van der Waals surface area contributed by atoms with Gasteiger partial charge in [-0.15, -0.1) is 10.2 Å². The third-order valence-electron chi connectivity index (χ3n) is 4.71. The van der Waals surface area contributed by atoms with Crippen LogP contribution in [0.1, 0.15) is 27.7 Å². The zero-order chi connectivity index (χ0) is 22.1. The normalized spacial score (nSPS) is 12.9. The summed E-state index contributed by atoms with van der Waals surface area (Å²) >= 11 is 4.69. The van der Waals surface area contributed by atoms with Gasteiger partial charge in [-0.05, 0) is 47.1 Å². The second-order valence-electron chi connectivity index (χ2n) is 7.73. The van der Waals surface area contributed by atoms with E-state index in [-0.39, 0.29) is 11.8 Å². The van der Waals surface area contributed by atoms with Gasteiger partial charge < -0.3 is 10.4 Å². The van der Waals surface area contributed by atoms with Crippen molar-refractivity contribution in [2.24, 2.45) is 5.92 Å². The van der Waals surface area contributed by atoms with E-state index in [1.807, 2.05) is 47.0 Å². The highest BCUT2D eigenvalue weighted by Crippen LogP contribution is 2.36. The number of carboxylic acids is 1. The van der Waals surface area contributed by atoms with Crippen LogP contribution < -0.4 is 5.32 Å². The fourth-order valence-electron chi connectivity index (χ4n) is 3.03. The van der Waals surface area contributed by atoms with Gasteiger partial charge in [0.05, 0.1) is 10.4 Å². The number of hydrogen-bond acceptors (Lipinski definition) is 5. The molecule has 9 heteroatoms. The molecule has 0 aliphatic carbocycles. The topological polar surface area (TPSA) is 97.1 Å². The number of fused-ring (bicyclic) bond motifs is 1. The molecule has 2 N–H and O–H groups in total. The van der Waals surface area contributed by atoms with Crippen molar-refractivity contribution in [1.29, 1.82) is 0 Å². The summed E-state index contributed by atoms with van der Waals surface area (Å²) < 4.78 is 1.39. The third-order valence-corrected chi connectivity index (χ3v) is 6.37. The number of carbonyl (C=O) groups excluding carboxylic acids is 1. The number of nitrogens with one attached hydrogen (secondary N) is 1. The SMILES string of the molecule is CC(C)C(NC(=O)C(C)(C)Sc1nnc(Br)n1-c1cccc2ccccc12)C(=O)O. The van der Waals surface area contributed by atoms with E-state index in [1.54, 1.807) is 27.7 Å². The Morgan fingerprint density at radius 1 is 1.13 bits per heavy atom. The molecule has 1 unspecified atom stereocenters. The standard InChI is InChI=1S/C21H23BrN4O3S/c1-12(2)16(17(27)28)23-18(29)21(3,4)30-20-25-24-19(22)26(20)15-11-7-9-13-8-5-6-10-14(13)15/h5-12,16H,1-4H3,(H,23,29)(H,27,28). The molecule has 3 aromatic rings. The molecule has 1 heterocycles. The highest BCUT2D eigenvalue weighted by molar-refractivity contribution is 9.10. The zero-order valence-corrected chi connectivity index (χ0v) is 19.5. The van der Waals surface area contributed by atoms with Crippen molar-refractivity contribution in [1.82, 2.24) is 20.1 Å². The molecule has 0 saturated heterocycles. The molecule has 1 atom stereocenters. The summed E-state index contributed by atoms with van der Waals surface area (Å²) in [7, 11) is 0. The molecular weight excluding hydrogens is 468 g/mol. The largest absolute Gasteiger partial charge is 0.480 e. The average molecular weight is 491 g/mol. The summed E-state index contributed by atoms with van der Waals surface area (Å²) in [6, 6.07) is 13.0. The Hall–Kier alpha value is -2.39. The highest BCUT2D eigenvalue weighted by Gasteiger charge is 2.35. The van der Waals surface area contributed by atoms with Crippen LogP contribution in [0.4, 0.5) is 0 Å². The lowest BCUT2D eigenvalue weighted by molar-refractivity contribution is -0.143. The van der Waals surface area contributed by atoms with Gasteiger partial charge in [-0.25, -0.2) is 4.79 Å². The maximum atomic E-state index is 12.9. The zero-order valence-electron chi connectivity index (χ0n) is 17.1. The van der Waals surface area contributed by atoms with E-state index in [1.165, 1.54) is 11.8 Å². The van der Waals surface area contributed by atoms with E-state index in [0.717, 1.165) is 16.5 Å². The predicted octanol–water partition coefficient (Wildman–Crippen LogP) is 4.28. The lowest BCUT2D eigenvalue weighted by atomic mass is 10.0. The highest BCUT2D eigenvalue weighted by atomic mass is 79.9. The number of aliphatic carboxylic acids is 1. The molecule has 0 bridgehead atoms. The Morgan fingerprint density at radius 3 is 2.47 bits per heavy atom. The van der Waals surface area contributed by atoms with Crippen LogP contribution in [0.3, 0.4) is 0 Å². The predicted molar refractivity (Wildman–Crippen MR) is 121 cm³/mol. The van der Waals surface area contributed by atoms with Crippen molar-refractivity contribution in [2.45, 2.75) is 43.6 Å². The van der Waals surface area contributed by atoms with Crippen LogP contribution in [0.25, 0.3) is 16.5 Å². The lowest BCUT2D eigenvalue weighted by Gasteiger charge is -2.26. The number of aromatic nitrogens is 3. The molecule has 0 saturated carbocycles. The lowest BCUT2D eigenvalue weighted by Crippen LogP contribution is -2.50. The van der Waals surface area contributed by atoms with Crippen LogP contribution in [0, 0.1) is 5.92 Å². The fraction of sp³-hybridized carbons (Fsp3) is 0.333. The second-order valence-corrected chi connectivity index (χ2v) is 10.0. The molecule has 7 nitrogen and oxygen atoms in total. The second kappa shape index (κ2) is 8.77. The first-order valence-electron chi connectivity index (χ1n) is 9.43. The molecule has 0 fully saturated rings. The summed E-state index contributed by atoms with van der Waals surface area (Å²) in [4.78, 5) is 24.4. The Kier molecular flexibility index (Phi) is 6.52. The van der Waals surface area contributed by atoms with Crippen LogP contribution in [-0.2, 0) is 9.59 Å². The molecule has 0 aliphatic rings. The molecule has 0 spiro atoms. The molecule has 2 aromatic carbocycles.